The van der Waals surface area contributed by atoms with E-state index in [1.54, 1.807) is 11.7 Å². The van der Waals surface area contributed by atoms with Gasteiger partial charge < -0.3 is 10.1 Å². The topological polar surface area (TPSA) is 87.7 Å². The number of carbonyl (C=O) groups is 2. The first-order valence-electron chi connectivity index (χ1n) is 6.72. The second-order valence-corrected chi connectivity index (χ2v) is 4.60. The predicted octanol–water partition coefficient (Wildman–Crippen LogP) is 1.25. The lowest BCUT2D eigenvalue weighted by atomic mass is 10.1. The lowest BCUT2D eigenvalue weighted by molar-refractivity contribution is -0.129. The fourth-order valence-corrected chi connectivity index (χ4v) is 1.87. The highest BCUT2D eigenvalue weighted by molar-refractivity contribution is 5.75. The molecule has 0 aromatic rings. The van der Waals surface area contributed by atoms with Gasteiger partial charge in [-0.25, -0.2) is 5.48 Å². The van der Waals surface area contributed by atoms with Crippen LogP contribution in [0.3, 0.4) is 0 Å². The van der Waals surface area contributed by atoms with Crippen LogP contribution in [-0.2, 0) is 14.3 Å². The van der Waals surface area contributed by atoms with E-state index in [0.717, 1.165) is 25.7 Å². The van der Waals surface area contributed by atoms with Crippen LogP contribution in [0.5, 0.6) is 0 Å². The van der Waals surface area contributed by atoms with Gasteiger partial charge in [-0.05, 0) is 25.3 Å². The Morgan fingerprint density at radius 2 is 2.05 bits per heavy atom. The minimum Gasteiger partial charge on any atom is -0.498 e. The Morgan fingerprint density at radius 1 is 1.21 bits per heavy atom. The summed E-state index contributed by atoms with van der Waals surface area (Å²) in [5.41, 5.74) is 1.59. The van der Waals surface area contributed by atoms with Crippen molar-refractivity contribution in [2.75, 3.05) is 6.54 Å². The van der Waals surface area contributed by atoms with E-state index in [1.807, 2.05) is 6.08 Å². The number of unbranched alkanes of at least 4 members (excludes halogenated alkanes) is 2. The molecule has 6 heteroatoms. The Labute approximate surface area is 113 Å². The Balaban J connectivity index is 1.88. The van der Waals surface area contributed by atoms with Crippen LogP contribution in [0.1, 0.15) is 44.9 Å². The molecule has 6 nitrogen and oxygen atoms in total. The number of carbonyl (C=O) groups excluding carboxylic acids is 2. The van der Waals surface area contributed by atoms with Crippen LogP contribution in [0.2, 0.25) is 0 Å². The van der Waals surface area contributed by atoms with E-state index in [2.05, 4.69) is 5.32 Å². The molecule has 0 aliphatic carbocycles. The normalized spacial score (nSPS) is 17.0. The summed E-state index contributed by atoms with van der Waals surface area (Å²) in [6.45, 7) is 0.628. The maximum Gasteiger partial charge on any atom is 0.243 e. The predicted molar refractivity (Wildman–Crippen MR) is 69.3 cm³/mol. The third kappa shape index (κ3) is 7.46. The molecule has 1 atom stereocenters. The SMILES string of the molecule is O=C(CCCCCNC(=O)CCC1CC=CO1)NO. The van der Waals surface area contributed by atoms with Gasteiger partial charge in [0.05, 0.1) is 6.26 Å². The maximum atomic E-state index is 11.5. The Morgan fingerprint density at radius 3 is 2.74 bits per heavy atom. The highest BCUT2D eigenvalue weighted by Crippen LogP contribution is 2.13. The van der Waals surface area contributed by atoms with Crippen LogP contribution in [0.25, 0.3) is 0 Å². The first-order valence-corrected chi connectivity index (χ1v) is 6.72. The van der Waals surface area contributed by atoms with Crippen LogP contribution < -0.4 is 10.8 Å². The molecule has 0 spiro atoms. The first kappa shape index (κ1) is 15.5. The lowest BCUT2D eigenvalue weighted by Crippen LogP contribution is -2.25. The van der Waals surface area contributed by atoms with Crippen molar-refractivity contribution < 1.29 is 19.5 Å². The van der Waals surface area contributed by atoms with Crippen molar-refractivity contribution in [3.63, 3.8) is 0 Å². The quantitative estimate of drug-likeness (QED) is 0.334. The van der Waals surface area contributed by atoms with Crippen molar-refractivity contribution in [1.29, 1.82) is 0 Å². The van der Waals surface area contributed by atoms with Gasteiger partial charge in [-0.2, -0.15) is 0 Å². The van der Waals surface area contributed by atoms with Crippen molar-refractivity contribution in [1.82, 2.24) is 10.8 Å². The molecule has 0 saturated carbocycles. The number of amides is 2. The van der Waals surface area contributed by atoms with Gasteiger partial charge in [-0.1, -0.05) is 6.42 Å². The highest BCUT2D eigenvalue weighted by atomic mass is 16.5. The van der Waals surface area contributed by atoms with Gasteiger partial charge in [-0.3, -0.25) is 14.8 Å². The molecule has 0 bridgehead atoms. The lowest BCUT2D eigenvalue weighted by Gasteiger charge is -2.10. The van der Waals surface area contributed by atoms with Gasteiger partial charge >= 0.3 is 0 Å². The smallest absolute Gasteiger partial charge is 0.243 e. The number of ether oxygens (including phenoxy) is 1. The van der Waals surface area contributed by atoms with E-state index in [-0.39, 0.29) is 17.9 Å². The molecule has 108 valence electrons. The van der Waals surface area contributed by atoms with Crippen LogP contribution in [0.4, 0.5) is 0 Å². The van der Waals surface area contributed by atoms with Crippen LogP contribution in [0.15, 0.2) is 12.3 Å². The number of hydrogen-bond acceptors (Lipinski definition) is 4. The summed E-state index contributed by atoms with van der Waals surface area (Å²) < 4.78 is 5.28. The van der Waals surface area contributed by atoms with E-state index < -0.39 is 0 Å². The maximum absolute atomic E-state index is 11.5. The monoisotopic (exact) mass is 270 g/mol. The largest absolute Gasteiger partial charge is 0.498 e. The fraction of sp³-hybridized carbons (Fsp3) is 0.692. The molecule has 19 heavy (non-hydrogen) atoms. The summed E-state index contributed by atoms with van der Waals surface area (Å²) in [4.78, 5) is 22.2. The molecule has 2 amide bonds. The van der Waals surface area contributed by atoms with Crippen molar-refractivity contribution in [2.45, 2.75) is 51.0 Å². The summed E-state index contributed by atoms with van der Waals surface area (Å²) in [5.74, 6) is -0.321. The Bertz CT molecular complexity index is 310. The zero-order chi connectivity index (χ0) is 13.9. The fourth-order valence-electron chi connectivity index (χ4n) is 1.87. The van der Waals surface area contributed by atoms with E-state index in [9.17, 15) is 9.59 Å². The molecule has 0 radical (unpaired) electrons. The van der Waals surface area contributed by atoms with Gasteiger partial charge in [0, 0.05) is 25.8 Å². The molecule has 1 aliphatic heterocycles. The van der Waals surface area contributed by atoms with Crippen LogP contribution >= 0.6 is 0 Å². The van der Waals surface area contributed by atoms with Crippen LogP contribution in [-0.4, -0.2) is 29.7 Å². The zero-order valence-electron chi connectivity index (χ0n) is 11.1. The summed E-state index contributed by atoms with van der Waals surface area (Å²) >= 11 is 0. The average Bonchev–Trinajstić information content (AvgIpc) is 2.93. The third-order valence-electron chi connectivity index (χ3n) is 2.99. The van der Waals surface area contributed by atoms with E-state index in [1.165, 1.54) is 0 Å². The molecule has 1 unspecified atom stereocenters. The number of nitrogens with one attached hydrogen (secondary N) is 2. The summed E-state index contributed by atoms with van der Waals surface area (Å²) in [6.07, 6.45) is 8.64. The summed E-state index contributed by atoms with van der Waals surface area (Å²) in [5, 5.41) is 11.1. The van der Waals surface area contributed by atoms with Crippen molar-refractivity contribution >= 4 is 11.8 Å². The molecule has 1 aliphatic rings. The van der Waals surface area contributed by atoms with Crippen LogP contribution in [0, 0.1) is 0 Å². The van der Waals surface area contributed by atoms with Crippen molar-refractivity contribution in [3.8, 4) is 0 Å². The average molecular weight is 270 g/mol. The minimum atomic E-state index is -0.366. The molecule has 0 saturated heterocycles. The molecule has 1 rings (SSSR count). The number of rotatable bonds is 9. The molecule has 1 heterocycles. The molecular weight excluding hydrogens is 248 g/mol. The minimum absolute atomic E-state index is 0.0450. The van der Waals surface area contributed by atoms with Gasteiger partial charge in [0.25, 0.3) is 0 Å². The molecular formula is C13H22N2O4. The third-order valence-corrected chi connectivity index (χ3v) is 2.99. The number of hydroxylamine groups is 1. The van der Waals surface area contributed by atoms with Gasteiger partial charge in [0.1, 0.15) is 6.10 Å². The van der Waals surface area contributed by atoms with Gasteiger partial charge in [-0.15, -0.1) is 0 Å². The van der Waals surface area contributed by atoms with Crippen molar-refractivity contribution in [3.05, 3.63) is 12.3 Å². The van der Waals surface area contributed by atoms with E-state index >= 15 is 0 Å². The summed E-state index contributed by atoms with van der Waals surface area (Å²) in [7, 11) is 0. The van der Waals surface area contributed by atoms with E-state index in [4.69, 9.17) is 9.94 Å². The van der Waals surface area contributed by atoms with Crippen molar-refractivity contribution in [2.24, 2.45) is 0 Å². The summed E-state index contributed by atoms with van der Waals surface area (Å²) in [6, 6.07) is 0. The first-order chi connectivity index (χ1) is 9.22. The van der Waals surface area contributed by atoms with Gasteiger partial charge in [0.2, 0.25) is 11.8 Å². The Hall–Kier alpha value is -1.56. The number of hydrogen-bond donors (Lipinski definition) is 3. The standard InChI is InChI=1S/C13H22N2O4/c16-12(8-7-11-5-4-10-19-11)14-9-3-1-2-6-13(17)15-18/h4,10-11,18H,1-3,5-9H2,(H,14,16)(H,15,17). The second kappa shape index (κ2) is 9.38. The second-order valence-electron chi connectivity index (χ2n) is 4.60. The molecule has 0 aromatic carbocycles. The zero-order valence-corrected chi connectivity index (χ0v) is 11.1. The van der Waals surface area contributed by atoms with E-state index in [0.29, 0.717) is 25.8 Å². The molecule has 0 aromatic heterocycles. The molecule has 3 N–H and O–H groups in total. The Kier molecular flexibility index (Phi) is 7.65. The van der Waals surface area contributed by atoms with Gasteiger partial charge in [0.15, 0.2) is 0 Å². The molecule has 0 fully saturated rings. The highest BCUT2D eigenvalue weighted by Gasteiger charge is 2.12.